The highest BCUT2D eigenvalue weighted by molar-refractivity contribution is 9.10. The van der Waals surface area contributed by atoms with Gasteiger partial charge in [0, 0.05) is 27.8 Å². The zero-order chi connectivity index (χ0) is 14.1. The maximum Gasteiger partial charge on any atom is 0.158 e. The van der Waals surface area contributed by atoms with Crippen LogP contribution in [0.1, 0.15) is 18.1 Å². The van der Waals surface area contributed by atoms with Crippen LogP contribution in [0.3, 0.4) is 0 Å². The Morgan fingerprint density at radius 1 is 1.15 bits per heavy atom. The molecular formula is C17H14BrNO. The first-order valence-corrected chi connectivity index (χ1v) is 7.29. The number of anilines is 1. The van der Waals surface area contributed by atoms with Crippen LogP contribution in [0.15, 0.2) is 58.6 Å². The van der Waals surface area contributed by atoms with Gasteiger partial charge in [0.05, 0.1) is 0 Å². The summed E-state index contributed by atoms with van der Waals surface area (Å²) in [6, 6.07) is 16.2. The van der Waals surface area contributed by atoms with Gasteiger partial charge >= 0.3 is 0 Å². The summed E-state index contributed by atoms with van der Waals surface area (Å²) in [7, 11) is 0. The van der Waals surface area contributed by atoms with Crippen molar-refractivity contribution in [2.24, 2.45) is 0 Å². The van der Waals surface area contributed by atoms with E-state index in [2.05, 4.69) is 27.3 Å². The minimum atomic E-state index is 0.113. The predicted octanol–water partition coefficient (Wildman–Crippen LogP) is 4.27. The molecular weight excluding hydrogens is 314 g/mol. The van der Waals surface area contributed by atoms with Gasteiger partial charge in [-0.05, 0) is 36.3 Å². The van der Waals surface area contributed by atoms with Gasteiger partial charge in [0.2, 0.25) is 0 Å². The van der Waals surface area contributed by atoms with Crippen LogP contribution in [0, 0.1) is 0 Å². The number of fused-ring (bicyclic) bond motifs is 1. The van der Waals surface area contributed by atoms with Crippen LogP contribution in [0.4, 0.5) is 5.69 Å². The van der Waals surface area contributed by atoms with Gasteiger partial charge in [-0.15, -0.1) is 0 Å². The molecule has 3 rings (SSSR count). The Hall–Kier alpha value is -1.87. The number of hydrogen-bond donors (Lipinski definition) is 1. The molecule has 0 fully saturated rings. The van der Waals surface area contributed by atoms with Crippen LogP contribution in [0.25, 0.3) is 5.57 Å². The molecule has 0 aromatic heterocycles. The number of rotatable bonds is 2. The fourth-order valence-electron chi connectivity index (χ4n) is 2.55. The highest BCUT2D eigenvalue weighted by atomic mass is 79.9. The van der Waals surface area contributed by atoms with E-state index in [4.69, 9.17) is 0 Å². The molecule has 100 valence electrons. The second-order valence-electron chi connectivity index (χ2n) is 4.82. The van der Waals surface area contributed by atoms with E-state index in [0.29, 0.717) is 6.54 Å². The second-order valence-corrected chi connectivity index (χ2v) is 5.73. The van der Waals surface area contributed by atoms with E-state index in [1.165, 1.54) is 0 Å². The number of hydrogen-bond acceptors (Lipinski definition) is 2. The second kappa shape index (κ2) is 5.25. The third kappa shape index (κ3) is 2.29. The fraction of sp³-hybridized carbons (Fsp3) is 0.118. The Morgan fingerprint density at radius 2 is 1.90 bits per heavy atom. The molecule has 1 aliphatic heterocycles. The summed E-state index contributed by atoms with van der Waals surface area (Å²) in [5.41, 5.74) is 5.09. The van der Waals surface area contributed by atoms with E-state index in [9.17, 15) is 4.79 Å². The fourth-order valence-corrected chi connectivity index (χ4v) is 2.91. The third-order valence-corrected chi connectivity index (χ3v) is 3.99. The topological polar surface area (TPSA) is 29.1 Å². The zero-order valence-electron chi connectivity index (χ0n) is 11.1. The Labute approximate surface area is 126 Å². The number of nitrogens with one attached hydrogen (secondary N) is 1. The quantitative estimate of drug-likeness (QED) is 0.892. The lowest BCUT2D eigenvalue weighted by Crippen LogP contribution is -2.19. The average molecular weight is 328 g/mol. The minimum absolute atomic E-state index is 0.113. The lowest BCUT2D eigenvalue weighted by Gasteiger charge is -2.24. The Balaban J connectivity index is 2.29. The molecule has 0 saturated carbocycles. The summed E-state index contributed by atoms with van der Waals surface area (Å²) in [5.74, 6) is 0.113. The summed E-state index contributed by atoms with van der Waals surface area (Å²) < 4.78 is 1.01. The van der Waals surface area contributed by atoms with E-state index >= 15 is 0 Å². The van der Waals surface area contributed by atoms with Crippen LogP contribution >= 0.6 is 15.9 Å². The summed E-state index contributed by atoms with van der Waals surface area (Å²) in [6.45, 7) is 2.21. The van der Waals surface area contributed by atoms with Gasteiger partial charge in [-0.3, -0.25) is 4.79 Å². The van der Waals surface area contributed by atoms with Crippen molar-refractivity contribution >= 4 is 33.0 Å². The molecule has 0 bridgehead atoms. The van der Waals surface area contributed by atoms with Crippen LogP contribution in [-0.2, 0) is 4.79 Å². The first-order valence-electron chi connectivity index (χ1n) is 6.50. The number of carbonyl (C=O) groups excluding carboxylic acids is 1. The minimum Gasteiger partial charge on any atom is -0.380 e. The molecule has 1 heterocycles. The van der Waals surface area contributed by atoms with Crippen LogP contribution < -0.4 is 5.32 Å². The van der Waals surface area contributed by atoms with E-state index < -0.39 is 0 Å². The van der Waals surface area contributed by atoms with Crippen molar-refractivity contribution < 1.29 is 4.79 Å². The summed E-state index contributed by atoms with van der Waals surface area (Å²) in [4.78, 5) is 12.0. The highest BCUT2D eigenvalue weighted by Gasteiger charge is 2.22. The van der Waals surface area contributed by atoms with Crippen LogP contribution in [-0.4, -0.2) is 12.3 Å². The van der Waals surface area contributed by atoms with Crippen LogP contribution in [0.2, 0.25) is 0 Å². The maximum atomic E-state index is 12.0. The van der Waals surface area contributed by atoms with Gasteiger partial charge in [0.15, 0.2) is 5.78 Å². The van der Waals surface area contributed by atoms with Crippen molar-refractivity contribution in [1.82, 2.24) is 0 Å². The van der Waals surface area contributed by atoms with Gasteiger partial charge in [0.1, 0.15) is 0 Å². The summed E-state index contributed by atoms with van der Waals surface area (Å²) >= 11 is 3.51. The first kappa shape index (κ1) is 13.1. The molecule has 1 aliphatic rings. The van der Waals surface area contributed by atoms with Gasteiger partial charge in [-0.25, -0.2) is 0 Å². The number of Topliss-reactive ketones (excluding diaryl/α,β-unsaturated/α-hetero) is 1. The van der Waals surface area contributed by atoms with E-state index in [1.54, 1.807) is 6.92 Å². The smallest absolute Gasteiger partial charge is 0.158 e. The average Bonchev–Trinajstić information content (AvgIpc) is 2.46. The van der Waals surface area contributed by atoms with E-state index in [-0.39, 0.29) is 5.78 Å². The number of halogens is 1. The van der Waals surface area contributed by atoms with Crippen LogP contribution in [0.5, 0.6) is 0 Å². The monoisotopic (exact) mass is 327 g/mol. The molecule has 20 heavy (non-hydrogen) atoms. The van der Waals surface area contributed by atoms with Crippen molar-refractivity contribution in [3.8, 4) is 0 Å². The standard InChI is InChI=1S/C17H14BrNO/c1-11(20)15-10-19-16-8-7-13(18)9-14(16)17(15)12-5-3-2-4-6-12/h2-9,19H,10H2,1H3. The first-order chi connectivity index (χ1) is 9.66. The number of ketones is 1. The number of benzene rings is 2. The highest BCUT2D eigenvalue weighted by Crippen LogP contribution is 2.37. The molecule has 0 saturated heterocycles. The number of carbonyl (C=O) groups is 1. The maximum absolute atomic E-state index is 12.0. The van der Waals surface area contributed by atoms with Crippen molar-refractivity contribution in [2.45, 2.75) is 6.92 Å². The van der Waals surface area contributed by atoms with Crippen molar-refractivity contribution in [1.29, 1.82) is 0 Å². The van der Waals surface area contributed by atoms with Gasteiger partial charge < -0.3 is 5.32 Å². The zero-order valence-corrected chi connectivity index (χ0v) is 12.7. The van der Waals surface area contributed by atoms with Crippen molar-refractivity contribution in [3.63, 3.8) is 0 Å². The molecule has 0 unspecified atom stereocenters. The lowest BCUT2D eigenvalue weighted by atomic mass is 9.88. The predicted molar refractivity (Wildman–Crippen MR) is 85.8 cm³/mol. The molecule has 2 aromatic carbocycles. The lowest BCUT2D eigenvalue weighted by molar-refractivity contribution is -0.113. The van der Waals surface area contributed by atoms with Crippen molar-refractivity contribution in [2.75, 3.05) is 11.9 Å². The van der Waals surface area contributed by atoms with Gasteiger partial charge in [-0.1, -0.05) is 46.3 Å². The largest absolute Gasteiger partial charge is 0.380 e. The normalized spacial score (nSPS) is 13.7. The molecule has 2 aromatic rings. The molecule has 0 spiro atoms. The third-order valence-electron chi connectivity index (χ3n) is 3.50. The summed E-state index contributed by atoms with van der Waals surface area (Å²) in [6.07, 6.45) is 0. The van der Waals surface area contributed by atoms with Gasteiger partial charge in [0.25, 0.3) is 0 Å². The Morgan fingerprint density at radius 3 is 2.60 bits per heavy atom. The molecule has 0 amide bonds. The molecule has 0 aliphatic carbocycles. The summed E-state index contributed by atoms with van der Waals surface area (Å²) in [5, 5.41) is 3.32. The van der Waals surface area contributed by atoms with E-state index in [1.807, 2.05) is 42.5 Å². The SMILES string of the molecule is CC(=O)C1=C(c2ccccc2)c2cc(Br)ccc2NC1. The molecule has 1 N–H and O–H groups in total. The Kier molecular flexibility index (Phi) is 3.45. The van der Waals surface area contributed by atoms with Gasteiger partial charge in [-0.2, -0.15) is 0 Å². The molecule has 0 radical (unpaired) electrons. The Bertz CT molecular complexity index is 704. The van der Waals surface area contributed by atoms with Crippen molar-refractivity contribution in [3.05, 3.63) is 69.7 Å². The molecule has 0 atom stereocenters. The van der Waals surface area contributed by atoms with E-state index in [0.717, 1.165) is 32.4 Å². The molecule has 3 heteroatoms. The molecule has 2 nitrogen and oxygen atoms in total.